The van der Waals surface area contributed by atoms with Gasteiger partial charge in [0.15, 0.2) is 0 Å². The average Bonchev–Trinajstić information content (AvgIpc) is 2.39. The summed E-state index contributed by atoms with van der Waals surface area (Å²) in [4.78, 5) is 0. The second kappa shape index (κ2) is 6.22. The largest absolute Gasteiger partial charge is 0.497 e. The fourth-order valence-electron chi connectivity index (χ4n) is 2.05. The van der Waals surface area contributed by atoms with E-state index in [4.69, 9.17) is 4.74 Å². The first-order valence-corrected chi connectivity index (χ1v) is 6.84. The highest BCUT2D eigenvalue weighted by Gasteiger charge is 2.17. The Morgan fingerprint density at radius 3 is 2.88 bits per heavy atom. The minimum absolute atomic E-state index is 0.272. The molecular formula is C14H18BrNO. The highest BCUT2D eigenvalue weighted by molar-refractivity contribution is 9.10. The van der Waals surface area contributed by atoms with E-state index >= 15 is 0 Å². The van der Waals surface area contributed by atoms with Crippen LogP contribution in [-0.2, 0) is 11.2 Å². The Labute approximate surface area is 111 Å². The Balaban J connectivity index is 2.09. The van der Waals surface area contributed by atoms with Gasteiger partial charge >= 0.3 is 0 Å². The topological polar surface area (TPSA) is 21.3 Å². The first-order chi connectivity index (χ1) is 8.31. The zero-order chi connectivity index (χ0) is 12.1. The number of hydrogen-bond donors (Lipinski definition) is 1. The van der Waals surface area contributed by atoms with Crippen molar-refractivity contribution in [3.63, 3.8) is 0 Å². The summed E-state index contributed by atoms with van der Waals surface area (Å²) in [6.07, 6.45) is 5.42. The van der Waals surface area contributed by atoms with Crippen molar-refractivity contribution < 1.29 is 4.74 Å². The Bertz CT molecular complexity index is 403. The molecule has 0 radical (unpaired) electrons. The monoisotopic (exact) mass is 295 g/mol. The van der Waals surface area contributed by atoms with Crippen LogP contribution >= 0.6 is 15.9 Å². The van der Waals surface area contributed by atoms with Gasteiger partial charge in [0.2, 0.25) is 0 Å². The molecule has 0 aliphatic carbocycles. The predicted octanol–water partition coefficient (Wildman–Crippen LogP) is 3.27. The van der Waals surface area contributed by atoms with E-state index in [-0.39, 0.29) is 6.04 Å². The molecule has 1 heterocycles. The van der Waals surface area contributed by atoms with Gasteiger partial charge in [0.05, 0.1) is 12.6 Å². The molecule has 0 saturated carbocycles. The Hall–Kier alpha value is -0.800. The van der Waals surface area contributed by atoms with Crippen LogP contribution in [0.4, 0.5) is 0 Å². The molecule has 0 saturated heterocycles. The maximum absolute atomic E-state index is 5.73. The normalized spacial score (nSPS) is 17.2. The molecule has 0 aromatic heterocycles. The zero-order valence-corrected chi connectivity index (χ0v) is 11.7. The van der Waals surface area contributed by atoms with Gasteiger partial charge in [-0.15, -0.1) is 0 Å². The van der Waals surface area contributed by atoms with Gasteiger partial charge in [0.25, 0.3) is 0 Å². The van der Waals surface area contributed by atoms with Gasteiger partial charge in [0, 0.05) is 4.47 Å². The van der Waals surface area contributed by atoms with Crippen molar-refractivity contribution in [1.29, 1.82) is 0 Å². The van der Waals surface area contributed by atoms with Gasteiger partial charge in [-0.05, 0) is 44.0 Å². The van der Waals surface area contributed by atoms with Crippen molar-refractivity contribution in [2.75, 3.05) is 13.7 Å². The molecule has 2 rings (SSSR count). The molecule has 2 nitrogen and oxygen atoms in total. The third kappa shape index (κ3) is 3.33. The second-order valence-corrected chi connectivity index (χ2v) is 5.09. The van der Waals surface area contributed by atoms with Crippen molar-refractivity contribution in [2.24, 2.45) is 0 Å². The molecule has 0 bridgehead atoms. The molecule has 1 aromatic rings. The molecule has 3 heteroatoms. The lowest BCUT2D eigenvalue weighted by atomic mass is 10.0. The second-order valence-electron chi connectivity index (χ2n) is 4.23. The van der Waals surface area contributed by atoms with E-state index in [9.17, 15) is 0 Å². The number of benzene rings is 1. The van der Waals surface area contributed by atoms with Gasteiger partial charge < -0.3 is 10.1 Å². The van der Waals surface area contributed by atoms with Crippen LogP contribution in [0.3, 0.4) is 0 Å². The molecule has 0 fully saturated rings. The average molecular weight is 296 g/mol. The third-order valence-corrected chi connectivity index (χ3v) is 3.81. The highest BCUT2D eigenvalue weighted by Crippen LogP contribution is 2.21. The SMILES string of the molecule is CNC(Cc1ccccc1Br)C1=CCCCO1. The number of hydrogen-bond acceptors (Lipinski definition) is 2. The van der Waals surface area contributed by atoms with Crippen LogP contribution in [-0.4, -0.2) is 19.7 Å². The molecule has 1 aliphatic rings. The van der Waals surface area contributed by atoms with Crippen molar-refractivity contribution in [2.45, 2.75) is 25.3 Å². The van der Waals surface area contributed by atoms with Crippen molar-refractivity contribution in [3.8, 4) is 0 Å². The molecule has 1 N–H and O–H groups in total. The van der Waals surface area contributed by atoms with Crippen LogP contribution in [0.1, 0.15) is 18.4 Å². The molecule has 1 atom stereocenters. The van der Waals surface area contributed by atoms with Gasteiger partial charge in [-0.1, -0.05) is 34.1 Å². The van der Waals surface area contributed by atoms with Crippen LogP contribution in [0.15, 0.2) is 40.6 Å². The number of halogens is 1. The lowest BCUT2D eigenvalue weighted by molar-refractivity contribution is 0.169. The van der Waals surface area contributed by atoms with E-state index < -0.39 is 0 Å². The summed E-state index contributed by atoms with van der Waals surface area (Å²) in [5.74, 6) is 1.09. The summed E-state index contributed by atoms with van der Waals surface area (Å²) < 4.78 is 6.89. The fourth-order valence-corrected chi connectivity index (χ4v) is 2.49. The summed E-state index contributed by atoms with van der Waals surface area (Å²) in [5.41, 5.74) is 1.31. The van der Waals surface area contributed by atoms with Gasteiger partial charge in [-0.25, -0.2) is 0 Å². The van der Waals surface area contributed by atoms with Crippen LogP contribution in [0.2, 0.25) is 0 Å². The molecular weight excluding hydrogens is 278 g/mol. The van der Waals surface area contributed by atoms with Gasteiger partial charge in [-0.2, -0.15) is 0 Å². The van der Waals surface area contributed by atoms with E-state index in [0.29, 0.717) is 0 Å². The summed E-state index contributed by atoms with van der Waals surface area (Å²) in [7, 11) is 1.99. The van der Waals surface area contributed by atoms with Crippen molar-refractivity contribution in [1.82, 2.24) is 5.32 Å². The Morgan fingerprint density at radius 1 is 1.41 bits per heavy atom. The number of allylic oxidation sites excluding steroid dienone is 1. The molecule has 1 aliphatic heterocycles. The quantitative estimate of drug-likeness (QED) is 0.920. The number of ether oxygens (including phenoxy) is 1. The molecule has 0 amide bonds. The van der Waals surface area contributed by atoms with Crippen LogP contribution in [0.5, 0.6) is 0 Å². The minimum Gasteiger partial charge on any atom is -0.497 e. The van der Waals surface area contributed by atoms with E-state index in [0.717, 1.165) is 36.1 Å². The molecule has 92 valence electrons. The third-order valence-electron chi connectivity index (χ3n) is 3.04. The Morgan fingerprint density at radius 2 is 2.24 bits per heavy atom. The molecule has 1 unspecified atom stereocenters. The number of rotatable bonds is 4. The first kappa shape index (κ1) is 12.7. The zero-order valence-electron chi connectivity index (χ0n) is 10.1. The molecule has 1 aromatic carbocycles. The lowest BCUT2D eigenvalue weighted by Gasteiger charge is -2.23. The van der Waals surface area contributed by atoms with Crippen molar-refractivity contribution in [3.05, 3.63) is 46.1 Å². The summed E-state index contributed by atoms with van der Waals surface area (Å²) >= 11 is 3.59. The number of nitrogens with one attached hydrogen (secondary N) is 1. The fraction of sp³-hybridized carbons (Fsp3) is 0.429. The minimum atomic E-state index is 0.272. The smallest absolute Gasteiger partial charge is 0.109 e. The van der Waals surface area contributed by atoms with Gasteiger partial charge in [-0.3, -0.25) is 0 Å². The Kier molecular flexibility index (Phi) is 4.63. The number of likely N-dealkylation sites (N-methyl/N-ethyl adjacent to an activating group) is 1. The standard InChI is InChI=1S/C14H18BrNO/c1-16-13(14-8-4-5-9-17-14)10-11-6-2-3-7-12(11)15/h2-3,6-8,13,16H,4-5,9-10H2,1H3. The summed E-state index contributed by atoms with van der Waals surface area (Å²) in [5, 5.41) is 3.33. The van der Waals surface area contributed by atoms with Crippen LogP contribution in [0, 0.1) is 0 Å². The maximum Gasteiger partial charge on any atom is 0.109 e. The highest BCUT2D eigenvalue weighted by atomic mass is 79.9. The first-order valence-electron chi connectivity index (χ1n) is 6.05. The van der Waals surface area contributed by atoms with E-state index in [2.05, 4.69) is 45.5 Å². The summed E-state index contributed by atoms with van der Waals surface area (Å²) in [6.45, 7) is 0.847. The van der Waals surface area contributed by atoms with Gasteiger partial charge in [0.1, 0.15) is 5.76 Å². The lowest BCUT2D eigenvalue weighted by Crippen LogP contribution is -2.32. The van der Waals surface area contributed by atoms with Crippen molar-refractivity contribution >= 4 is 15.9 Å². The van der Waals surface area contributed by atoms with E-state index in [1.807, 2.05) is 13.1 Å². The van der Waals surface area contributed by atoms with E-state index in [1.54, 1.807) is 0 Å². The summed E-state index contributed by atoms with van der Waals surface area (Å²) in [6, 6.07) is 8.62. The molecule has 0 spiro atoms. The van der Waals surface area contributed by atoms with E-state index in [1.165, 1.54) is 5.56 Å². The maximum atomic E-state index is 5.73. The van der Waals surface area contributed by atoms with Crippen LogP contribution < -0.4 is 5.32 Å². The molecule has 17 heavy (non-hydrogen) atoms. The predicted molar refractivity (Wildman–Crippen MR) is 74.0 cm³/mol. The van der Waals surface area contributed by atoms with Crippen LogP contribution in [0.25, 0.3) is 0 Å².